The Balaban J connectivity index is 1.36. The van der Waals surface area contributed by atoms with Gasteiger partial charge in [0, 0.05) is 50.1 Å². The van der Waals surface area contributed by atoms with Crippen LogP contribution in [-0.2, 0) is 21.0 Å². The maximum absolute atomic E-state index is 14.5. The van der Waals surface area contributed by atoms with Gasteiger partial charge in [0.15, 0.2) is 0 Å². The van der Waals surface area contributed by atoms with E-state index in [0.29, 0.717) is 50.5 Å². The summed E-state index contributed by atoms with van der Waals surface area (Å²) in [6, 6.07) is 15.1. The Morgan fingerprint density at radius 3 is 2.28 bits per heavy atom. The van der Waals surface area contributed by atoms with Gasteiger partial charge in [-0.05, 0) is 92.5 Å². The molecule has 6 unspecified atom stereocenters. The molecule has 2 amide bonds. The number of allylic oxidation sites excluding steroid dienone is 1. The highest BCUT2D eigenvalue weighted by Gasteiger charge is 2.65. The van der Waals surface area contributed by atoms with Crippen LogP contribution >= 0.6 is 0 Å². The first-order valence-electron chi connectivity index (χ1n) is 25.4. The Kier molecular flexibility index (Phi) is 20.3. The first-order chi connectivity index (χ1) is 31.9. The summed E-state index contributed by atoms with van der Waals surface area (Å²) < 4.78 is 20.5. The SMILES string of the molecule is C=CCOC12Oc3ccc(OC(=O)NCCCCCCCCCCCC)cc3C3C(CCCCO)C(CCCCO)C=C(C(=NOCc4ccccc4)CC1N(CCC)C(=O)C1CC1)C32. The normalized spacial score (nSPS) is 23.7. The summed E-state index contributed by atoms with van der Waals surface area (Å²) in [7, 11) is 0. The number of nitrogens with one attached hydrogen (secondary N) is 1. The number of hydrogen-bond acceptors (Lipinski definition) is 9. The highest BCUT2D eigenvalue weighted by molar-refractivity contribution is 6.03. The maximum Gasteiger partial charge on any atom is 0.412 e. The van der Waals surface area contributed by atoms with Gasteiger partial charge in [0.2, 0.25) is 11.7 Å². The number of carbonyl (C=O) groups excluding carboxylic acids is 2. The minimum absolute atomic E-state index is 0.0270. The molecule has 358 valence electrons. The van der Waals surface area contributed by atoms with Gasteiger partial charge in [-0.3, -0.25) is 4.79 Å². The van der Waals surface area contributed by atoms with E-state index in [1.807, 2.05) is 47.4 Å². The third kappa shape index (κ3) is 13.5. The zero-order valence-corrected chi connectivity index (χ0v) is 39.6. The second-order valence-corrected chi connectivity index (χ2v) is 18.8. The van der Waals surface area contributed by atoms with Crippen LogP contribution in [-0.4, -0.2) is 77.6 Å². The van der Waals surface area contributed by atoms with Gasteiger partial charge in [-0.25, -0.2) is 4.79 Å². The van der Waals surface area contributed by atoms with E-state index in [0.717, 1.165) is 80.2 Å². The Hall–Kier alpha value is -4.19. The van der Waals surface area contributed by atoms with Crippen LogP contribution in [0.4, 0.5) is 4.79 Å². The van der Waals surface area contributed by atoms with Crippen LogP contribution in [0.5, 0.6) is 11.5 Å². The van der Waals surface area contributed by atoms with Crippen LogP contribution in [0.25, 0.3) is 0 Å². The molecule has 1 heterocycles. The molecule has 2 saturated carbocycles. The van der Waals surface area contributed by atoms with E-state index >= 15 is 0 Å². The highest BCUT2D eigenvalue weighted by Crippen LogP contribution is 2.62. The Labute approximate surface area is 389 Å². The van der Waals surface area contributed by atoms with Gasteiger partial charge in [0.1, 0.15) is 24.1 Å². The number of ether oxygens (including phenoxy) is 3. The molecular formula is C54H79N3O8. The molecule has 0 radical (unpaired) electrons. The predicted molar refractivity (Wildman–Crippen MR) is 257 cm³/mol. The van der Waals surface area contributed by atoms with Crippen LogP contribution in [0.2, 0.25) is 0 Å². The number of benzene rings is 2. The minimum Gasteiger partial charge on any atom is -0.459 e. The highest BCUT2D eigenvalue weighted by atomic mass is 16.7. The molecule has 2 fully saturated rings. The Morgan fingerprint density at radius 1 is 0.892 bits per heavy atom. The number of carbonyl (C=O) groups is 2. The molecule has 0 aromatic heterocycles. The fourth-order valence-corrected chi connectivity index (χ4v) is 10.6. The molecule has 11 nitrogen and oxygen atoms in total. The molecule has 0 saturated heterocycles. The summed E-state index contributed by atoms with van der Waals surface area (Å²) in [5.41, 5.74) is 3.67. The molecule has 65 heavy (non-hydrogen) atoms. The number of oxime groups is 1. The molecule has 1 aliphatic heterocycles. The van der Waals surface area contributed by atoms with Gasteiger partial charge < -0.3 is 39.5 Å². The number of aliphatic hydroxyl groups is 2. The third-order valence-corrected chi connectivity index (χ3v) is 14.0. The van der Waals surface area contributed by atoms with E-state index in [1.54, 1.807) is 12.1 Å². The van der Waals surface area contributed by atoms with Gasteiger partial charge >= 0.3 is 6.09 Å². The van der Waals surface area contributed by atoms with Gasteiger partial charge in [-0.1, -0.05) is 132 Å². The van der Waals surface area contributed by atoms with Crippen LogP contribution in [0.3, 0.4) is 0 Å². The number of aliphatic hydroxyl groups excluding tert-OH is 2. The summed E-state index contributed by atoms with van der Waals surface area (Å²) in [5, 5.41) is 27.9. The molecule has 11 heteroatoms. The third-order valence-electron chi connectivity index (χ3n) is 14.0. The van der Waals surface area contributed by atoms with Crippen molar-refractivity contribution in [1.82, 2.24) is 10.2 Å². The second kappa shape index (κ2) is 26.2. The summed E-state index contributed by atoms with van der Waals surface area (Å²) in [6.07, 6.45) is 23.4. The van der Waals surface area contributed by atoms with E-state index in [2.05, 4.69) is 31.8 Å². The monoisotopic (exact) mass is 898 g/mol. The van der Waals surface area contributed by atoms with E-state index in [4.69, 9.17) is 24.2 Å². The second-order valence-electron chi connectivity index (χ2n) is 18.8. The standard InChI is InChI=1S/C54H79N3O8/c1-4-7-8-9-10-11-12-13-14-20-31-55-53(61)64-43-29-30-48-46(37-43)50-44(26-19-22-34-59)42(25-18-21-33-58)36-45-47(56-63-39-40-23-16-15-17-24-40)38-49(54(65-48,51(45)50)62-35-6-3)57(32-5-2)52(60)41-27-28-41/h6,15-17,23-24,29-30,36-37,41-42,44,49-51,58-59H,3-5,7-14,18-22,25-28,31-35,38-39H2,1-2H3,(H,55,61). The first kappa shape index (κ1) is 50.2. The number of unbranched alkanes of at least 4 members (excludes halogenated alkanes) is 11. The van der Waals surface area contributed by atoms with Crippen molar-refractivity contribution in [3.63, 3.8) is 0 Å². The lowest BCUT2D eigenvalue weighted by Gasteiger charge is -2.60. The molecule has 6 atom stereocenters. The largest absolute Gasteiger partial charge is 0.459 e. The summed E-state index contributed by atoms with van der Waals surface area (Å²) >= 11 is 0. The summed E-state index contributed by atoms with van der Waals surface area (Å²) in [4.78, 5) is 36.0. The average molecular weight is 898 g/mol. The van der Waals surface area contributed by atoms with Crippen molar-refractivity contribution < 1.29 is 38.9 Å². The van der Waals surface area contributed by atoms with E-state index < -0.39 is 23.8 Å². The van der Waals surface area contributed by atoms with Crippen molar-refractivity contribution in [1.29, 1.82) is 0 Å². The van der Waals surface area contributed by atoms with Crippen molar-refractivity contribution >= 4 is 17.7 Å². The molecule has 4 aliphatic rings. The molecule has 2 aromatic rings. The Bertz CT molecular complexity index is 1850. The Morgan fingerprint density at radius 2 is 1.60 bits per heavy atom. The quantitative estimate of drug-likeness (QED) is 0.0400. The maximum atomic E-state index is 14.5. The first-order valence-corrected chi connectivity index (χ1v) is 25.4. The number of amides is 2. The lowest BCUT2D eigenvalue weighted by molar-refractivity contribution is -0.257. The predicted octanol–water partition coefficient (Wildman–Crippen LogP) is 11.2. The smallest absolute Gasteiger partial charge is 0.412 e. The summed E-state index contributed by atoms with van der Waals surface area (Å²) in [6.45, 7) is 10.2. The van der Waals surface area contributed by atoms with Gasteiger partial charge in [-0.15, -0.1) is 6.58 Å². The van der Waals surface area contributed by atoms with Crippen LogP contribution < -0.4 is 14.8 Å². The van der Waals surface area contributed by atoms with Crippen molar-refractivity contribution in [3.05, 3.63) is 84.0 Å². The van der Waals surface area contributed by atoms with Gasteiger partial charge in [-0.2, -0.15) is 0 Å². The fraction of sp³-hybridized carbons (Fsp3) is 0.648. The number of hydrogen-bond donors (Lipinski definition) is 3. The molecule has 0 bridgehead atoms. The zero-order chi connectivity index (χ0) is 45.9. The van der Waals surface area contributed by atoms with Gasteiger partial charge in [0.05, 0.1) is 18.2 Å². The van der Waals surface area contributed by atoms with E-state index in [-0.39, 0.29) is 49.4 Å². The lowest BCUT2D eigenvalue weighted by Crippen LogP contribution is -2.70. The fourth-order valence-electron chi connectivity index (χ4n) is 10.6. The van der Waals surface area contributed by atoms with E-state index in [9.17, 15) is 19.8 Å². The van der Waals surface area contributed by atoms with Crippen LogP contribution in [0, 0.1) is 23.7 Å². The number of fused-ring (bicyclic) bond motifs is 2. The van der Waals surface area contributed by atoms with E-state index in [1.165, 1.54) is 51.4 Å². The van der Waals surface area contributed by atoms with Crippen molar-refractivity contribution in [2.24, 2.45) is 28.8 Å². The van der Waals surface area contributed by atoms with Gasteiger partial charge in [0.25, 0.3) is 0 Å². The molecule has 3 N–H and O–H groups in total. The van der Waals surface area contributed by atoms with Crippen molar-refractivity contribution in [3.8, 4) is 11.5 Å². The van der Waals surface area contributed by atoms with Crippen LogP contribution in [0.15, 0.2) is 78.0 Å². The van der Waals surface area contributed by atoms with Crippen molar-refractivity contribution in [2.75, 3.05) is 32.9 Å². The molecule has 3 aliphatic carbocycles. The van der Waals surface area contributed by atoms with Crippen molar-refractivity contribution in [2.45, 2.75) is 167 Å². The molecule has 6 rings (SSSR count). The molecule has 0 spiro atoms. The molecule has 2 aromatic carbocycles. The summed E-state index contributed by atoms with van der Waals surface area (Å²) in [5.74, 6) is -0.635. The molecular weight excluding hydrogens is 819 g/mol. The minimum atomic E-state index is -1.31. The average Bonchev–Trinajstić information content (AvgIpc) is 4.17. The zero-order valence-electron chi connectivity index (χ0n) is 39.6. The topological polar surface area (TPSA) is 139 Å². The lowest BCUT2D eigenvalue weighted by atomic mass is 9.55. The van der Waals surface area contributed by atoms with Crippen LogP contribution in [0.1, 0.15) is 159 Å². The number of rotatable bonds is 30. The number of nitrogens with zero attached hydrogens (tertiary/aromatic N) is 2.